The normalized spacial score (nSPS) is 15.9. The van der Waals surface area contributed by atoms with E-state index in [0.717, 1.165) is 78.5 Å². The second-order valence-corrected chi connectivity index (χ2v) is 9.98. The van der Waals surface area contributed by atoms with Crippen molar-refractivity contribution in [2.45, 2.75) is 39.2 Å². The summed E-state index contributed by atoms with van der Waals surface area (Å²) >= 11 is 1.62. The maximum Gasteiger partial charge on any atom is 0.198 e. The summed E-state index contributed by atoms with van der Waals surface area (Å²) in [6.45, 7) is 7.41. The number of carbonyl (C=O) groups is 1. The summed E-state index contributed by atoms with van der Waals surface area (Å²) < 4.78 is 0. The lowest BCUT2D eigenvalue weighted by Gasteiger charge is -2.32. The lowest BCUT2D eigenvalue weighted by Crippen LogP contribution is -2.43. The van der Waals surface area contributed by atoms with E-state index >= 15 is 0 Å². The molecule has 1 aromatic carbocycles. The van der Waals surface area contributed by atoms with Gasteiger partial charge in [0, 0.05) is 61.2 Å². The molecular weight excluding hydrogens is 428 g/mol. The van der Waals surface area contributed by atoms with Gasteiger partial charge in [0.2, 0.25) is 0 Å². The van der Waals surface area contributed by atoms with Crippen molar-refractivity contribution in [3.05, 3.63) is 51.2 Å². The van der Waals surface area contributed by atoms with Crippen molar-refractivity contribution in [2.75, 3.05) is 33.2 Å². The Bertz CT molecular complexity index is 1220. The predicted octanol–water partition coefficient (Wildman–Crippen LogP) is 5.03. The number of nitrogens with zero attached hydrogens (tertiary/aromatic N) is 3. The zero-order valence-corrected chi connectivity index (χ0v) is 20.2. The number of unbranched alkanes of at least 4 members (excludes halogenated alkanes) is 3. The maximum atomic E-state index is 13.4. The van der Waals surface area contributed by atoms with Crippen LogP contribution in [0, 0.1) is 11.8 Å². The summed E-state index contributed by atoms with van der Waals surface area (Å²) in [4.78, 5) is 19.2. The van der Waals surface area contributed by atoms with Gasteiger partial charge in [0.1, 0.15) is 5.69 Å². The van der Waals surface area contributed by atoms with Crippen LogP contribution in [0.25, 0.3) is 22.5 Å². The minimum atomic E-state index is 0.0716. The van der Waals surface area contributed by atoms with E-state index in [1.807, 2.05) is 0 Å². The lowest BCUT2D eigenvalue weighted by molar-refractivity contribution is 0.104. The second-order valence-electron chi connectivity index (χ2n) is 9.07. The summed E-state index contributed by atoms with van der Waals surface area (Å²) in [6, 6.07) is 8.36. The number of aromatic nitrogens is 2. The first-order valence-electron chi connectivity index (χ1n) is 11.9. The van der Waals surface area contributed by atoms with Gasteiger partial charge in [-0.15, -0.1) is 11.3 Å². The molecule has 1 saturated heterocycles. The average Bonchev–Trinajstić information content (AvgIpc) is 3.52. The summed E-state index contributed by atoms with van der Waals surface area (Å²) in [5, 5.41) is 9.71. The van der Waals surface area contributed by atoms with Gasteiger partial charge < -0.3 is 4.90 Å². The molecule has 6 heteroatoms. The van der Waals surface area contributed by atoms with Gasteiger partial charge in [-0.3, -0.25) is 14.8 Å². The van der Waals surface area contributed by atoms with Gasteiger partial charge >= 0.3 is 0 Å². The molecular formula is C27H30N4OS. The number of aromatic amines is 1. The third-order valence-electron chi connectivity index (χ3n) is 6.58. The third-order valence-corrected chi connectivity index (χ3v) is 7.43. The Morgan fingerprint density at radius 3 is 2.79 bits per heavy atom. The first-order chi connectivity index (χ1) is 16.1. The zero-order chi connectivity index (χ0) is 22.8. The number of piperazine rings is 1. The Morgan fingerprint density at radius 1 is 1.12 bits per heavy atom. The van der Waals surface area contributed by atoms with Crippen LogP contribution in [0.2, 0.25) is 0 Å². The molecule has 0 bridgehead atoms. The van der Waals surface area contributed by atoms with Gasteiger partial charge in [0.15, 0.2) is 5.78 Å². The van der Waals surface area contributed by atoms with Gasteiger partial charge in [-0.25, -0.2) is 0 Å². The number of carbonyl (C=O) groups excluding carboxylic acids is 1. The van der Waals surface area contributed by atoms with Crippen molar-refractivity contribution in [3.8, 4) is 34.4 Å². The minimum absolute atomic E-state index is 0.0716. The summed E-state index contributed by atoms with van der Waals surface area (Å²) in [5.74, 6) is 6.61. The van der Waals surface area contributed by atoms with E-state index in [2.05, 4.69) is 75.5 Å². The molecule has 1 N–H and O–H groups in total. The van der Waals surface area contributed by atoms with Crippen LogP contribution in [0.4, 0.5) is 0 Å². The topological polar surface area (TPSA) is 52.2 Å². The molecule has 0 atom stereocenters. The maximum absolute atomic E-state index is 13.4. The number of nitrogens with one attached hydrogen (secondary N) is 1. The molecule has 1 aliphatic heterocycles. The van der Waals surface area contributed by atoms with Crippen molar-refractivity contribution < 1.29 is 4.79 Å². The van der Waals surface area contributed by atoms with Crippen LogP contribution in [0.1, 0.15) is 59.0 Å². The van der Waals surface area contributed by atoms with Crippen LogP contribution in [0.5, 0.6) is 0 Å². The molecule has 33 heavy (non-hydrogen) atoms. The molecule has 0 unspecified atom stereocenters. The Balaban J connectivity index is 1.34. The number of rotatable bonds is 6. The van der Waals surface area contributed by atoms with Crippen LogP contribution in [-0.2, 0) is 6.54 Å². The minimum Gasteiger partial charge on any atom is -0.304 e. The Morgan fingerprint density at radius 2 is 1.97 bits per heavy atom. The smallest absolute Gasteiger partial charge is 0.198 e. The van der Waals surface area contributed by atoms with Gasteiger partial charge in [0.05, 0.1) is 16.1 Å². The fraction of sp³-hybridized carbons (Fsp3) is 0.407. The van der Waals surface area contributed by atoms with Crippen molar-refractivity contribution >= 4 is 17.1 Å². The quantitative estimate of drug-likeness (QED) is 0.325. The highest BCUT2D eigenvalue weighted by Crippen LogP contribution is 2.41. The monoisotopic (exact) mass is 458 g/mol. The summed E-state index contributed by atoms with van der Waals surface area (Å²) in [6.07, 6.45) is 4.52. The molecule has 2 aromatic heterocycles. The van der Waals surface area contributed by atoms with E-state index in [-0.39, 0.29) is 5.78 Å². The predicted molar refractivity (Wildman–Crippen MR) is 135 cm³/mol. The van der Waals surface area contributed by atoms with E-state index in [1.165, 1.54) is 18.4 Å². The van der Waals surface area contributed by atoms with E-state index in [1.54, 1.807) is 11.3 Å². The number of likely N-dealkylation sites (N-methyl/N-ethyl adjacent to an activating group) is 1. The number of H-pyrrole nitrogens is 1. The van der Waals surface area contributed by atoms with E-state index in [4.69, 9.17) is 0 Å². The molecule has 0 amide bonds. The van der Waals surface area contributed by atoms with Crippen LogP contribution in [0.15, 0.2) is 29.6 Å². The molecule has 3 heterocycles. The number of benzene rings is 1. The molecule has 5 rings (SSSR count). The van der Waals surface area contributed by atoms with Gasteiger partial charge in [0.25, 0.3) is 0 Å². The molecule has 0 spiro atoms. The highest BCUT2D eigenvalue weighted by atomic mass is 32.1. The molecule has 170 valence electrons. The standard InChI is InChI=1S/C27H30N4OS/c1-3-4-5-6-7-8-21-16-20(18-33-21)25-24-26(29-28-25)22-10-9-19(15-23(22)27(24)32)17-31-13-11-30(2)12-14-31/h9-10,15-16,18H,3-6,11-14,17H2,1-2H3,(H,28,29). The summed E-state index contributed by atoms with van der Waals surface area (Å²) in [7, 11) is 2.17. The van der Waals surface area contributed by atoms with E-state index < -0.39 is 0 Å². The Hall–Kier alpha value is -2.72. The third kappa shape index (κ3) is 4.54. The van der Waals surface area contributed by atoms with Crippen molar-refractivity contribution in [2.24, 2.45) is 0 Å². The van der Waals surface area contributed by atoms with E-state index in [9.17, 15) is 4.79 Å². The van der Waals surface area contributed by atoms with Crippen LogP contribution in [0.3, 0.4) is 0 Å². The Labute approximate surface area is 199 Å². The highest BCUT2D eigenvalue weighted by Gasteiger charge is 2.33. The largest absolute Gasteiger partial charge is 0.304 e. The molecule has 1 aliphatic carbocycles. The molecule has 0 radical (unpaired) electrons. The van der Waals surface area contributed by atoms with Crippen molar-refractivity contribution in [1.82, 2.24) is 20.0 Å². The molecule has 3 aromatic rings. The number of hydrogen-bond donors (Lipinski definition) is 1. The van der Waals surface area contributed by atoms with Gasteiger partial charge in [-0.05, 0) is 31.2 Å². The Kier molecular flexibility index (Phi) is 6.45. The number of fused-ring (bicyclic) bond motifs is 3. The number of thiophene rings is 1. The summed E-state index contributed by atoms with van der Waals surface area (Å²) in [5.41, 5.74) is 6.19. The fourth-order valence-corrected chi connectivity index (χ4v) is 5.36. The zero-order valence-electron chi connectivity index (χ0n) is 19.4. The molecule has 5 nitrogen and oxygen atoms in total. The van der Waals surface area contributed by atoms with Crippen LogP contribution < -0.4 is 0 Å². The van der Waals surface area contributed by atoms with Gasteiger partial charge in [-0.2, -0.15) is 5.10 Å². The first kappa shape index (κ1) is 22.1. The molecule has 2 aliphatic rings. The van der Waals surface area contributed by atoms with Crippen molar-refractivity contribution in [1.29, 1.82) is 0 Å². The highest BCUT2D eigenvalue weighted by molar-refractivity contribution is 7.11. The van der Waals surface area contributed by atoms with Crippen molar-refractivity contribution in [3.63, 3.8) is 0 Å². The molecule has 1 fully saturated rings. The van der Waals surface area contributed by atoms with Crippen LogP contribution in [-0.4, -0.2) is 59.0 Å². The second kappa shape index (κ2) is 9.64. The first-order valence-corrected chi connectivity index (χ1v) is 12.8. The number of hydrogen-bond acceptors (Lipinski definition) is 5. The molecule has 0 saturated carbocycles. The average molecular weight is 459 g/mol. The van der Waals surface area contributed by atoms with Gasteiger partial charge in [-0.1, -0.05) is 43.7 Å². The SMILES string of the molecule is CCCCCC#Cc1cc(-c2n[nH]c3c2C(=O)c2cc(CN4CCN(C)CC4)ccc2-3)cs1. The fourth-order valence-electron chi connectivity index (χ4n) is 4.60. The van der Waals surface area contributed by atoms with E-state index in [0.29, 0.717) is 5.56 Å². The van der Waals surface area contributed by atoms with Crippen LogP contribution >= 0.6 is 11.3 Å². The number of ketones is 1. The lowest BCUT2D eigenvalue weighted by atomic mass is 10.0.